The zero-order valence-electron chi connectivity index (χ0n) is 17.4. The van der Waals surface area contributed by atoms with Crippen LogP contribution in [0.2, 0.25) is 0 Å². The van der Waals surface area contributed by atoms with Crippen LogP contribution in [-0.2, 0) is 11.3 Å². The summed E-state index contributed by atoms with van der Waals surface area (Å²) < 4.78 is 16.7. The number of anilines is 1. The Hall–Kier alpha value is -3.06. The van der Waals surface area contributed by atoms with Crippen LogP contribution < -0.4 is 4.90 Å². The number of furan rings is 1. The predicted molar refractivity (Wildman–Crippen MR) is 113 cm³/mol. The first-order valence-corrected chi connectivity index (χ1v) is 10.4. The molecule has 0 aliphatic carbocycles. The van der Waals surface area contributed by atoms with Gasteiger partial charge in [0.05, 0.1) is 31.6 Å². The summed E-state index contributed by atoms with van der Waals surface area (Å²) in [6.45, 7) is 7.24. The van der Waals surface area contributed by atoms with Gasteiger partial charge in [-0.1, -0.05) is 42.4 Å². The molecule has 0 saturated carbocycles. The quantitative estimate of drug-likeness (QED) is 0.582. The second-order valence-electron chi connectivity index (χ2n) is 7.45. The van der Waals surface area contributed by atoms with E-state index in [9.17, 15) is 4.79 Å². The van der Waals surface area contributed by atoms with Crippen molar-refractivity contribution in [2.75, 3.05) is 31.2 Å². The molecule has 158 valence electrons. The summed E-state index contributed by atoms with van der Waals surface area (Å²) >= 11 is 0. The van der Waals surface area contributed by atoms with Crippen molar-refractivity contribution in [3.8, 4) is 11.3 Å². The fourth-order valence-electron chi connectivity index (χ4n) is 3.64. The lowest BCUT2D eigenvalue weighted by Gasteiger charge is -2.30. The molecule has 1 atom stereocenters. The normalized spacial score (nSPS) is 15.2. The van der Waals surface area contributed by atoms with E-state index in [0.29, 0.717) is 31.4 Å². The molecule has 2 aromatic heterocycles. The summed E-state index contributed by atoms with van der Waals surface area (Å²) in [5.74, 6) is 0.904. The van der Waals surface area contributed by atoms with Gasteiger partial charge in [0.1, 0.15) is 5.69 Å². The molecule has 3 aromatic rings. The highest BCUT2D eigenvalue weighted by atomic mass is 16.5. The van der Waals surface area contributed by atoms with Crippen LogP contribution in [0.15, 0.2) is 57.7 Å². The number of carbonyl (C=O) groups is 1. The second-order valence-corrected chi connectivity index (χ2v) is 7.45. The number of ether oxygens (including phenoxy) is 1. The average molecular weight is 409 g/mol. The Morgan fingerprint density at radius 3 is 2.60 bits per heavy atom. The molecule has 7 nitrogen and oxygen atoms in total. The van der Waals surface area contributed by atoms with Gasteiger partial charge in [0.15, 0.2) is 5.76 Å². The topological polar surface area (TPSA) is 72.0 Å². The lowest BCUT2D eigenvalue weighted by molar-refractivity contribution is 0.0638. The zero-order valence-corrected chi connectivity index (χ0v) is 17.4. The van der Waals surface area contributed by atoms with Gasteiger partial charge in [-0.2, -0.15) is 0 Å². The van der Waals surface area contributed by atoms with Gasteiger partial charge in [0.25, 0.3) is 5.91 Å². The van der Waals surface area contributed by atoms with Crippen molar-refractivity contribution < 1.29 is 18.5 Å². The number of carbonyl (C=O) groups excluding carboxylic acids is 1. The Morgan fingerprint density at radius 1 is 1.17 bits per heavy atom. The fourth-order valence-corrected chi connectivity index (χ4v) is 3.64. The number of hydrogen-bond donors (Lipinski definition) is 0. The van der Waals surface area contributed by atoms with Crippen molar-refractivity contribution in [1.82, 2.24) is 10.1 Å². The Bertz CT molecular complexity index is 946. The van der Waals surface area contributed by atoms with E-state index in [-0.39, 0.29) is 11.9 Å². The Morgan fingerprint density at radius 2 is 1.93 bits per heavy atom. The molecule has 0 spiro atoms. The molecule has 1 unspecified atom stereocenters. The van der Waals surface area contributed by atoms with E-state index in [4.69, 9.17) is 13.7 Å². The maximum atomic E-state index is 13.2. The van der Waals surface area contributed by atoms with E-state index < -0.39 is 0 Å². The minimum Gasteiger partial charge on any atom is -0.459 e. The largest absolute Gasteiger partial charge is 0.459 e. The Balaban J connectivity index is 1.74. The van der Waals surface area contributed by atoms with Crippen molar-refractivity contribution in [2.45, 2.75) is 32.9 Å². The van der Waals surface area contributed by atoms with Crippen molar-refractivity contribution in [3.63, 3.8) is 0 Å². The summed E-state index contributed by atoms with van der Waals surface area (Å²) in [7, 11) is 0. The van der Waals surface area contributed by atoms with E-state index >= 15 is 0 Å². The molecule has 1 aliphatic rings. The molecule has 3 heterocycles. The molecule has 1 fully saturated rings. The summed E-state index contributed by atoms with van der Waals surface area (Å²) in [6.07, 6.45) is 2.35. The van der Waals surface area contributed by atoms with Gasteiger partial charge in [-0.25, -0.2) is 0 Å². The highest BCUT2D eigenvalue weighted by Crippen LogP contribution is 2.34. The molecule has 1 aliphatic heterocycles. The molecule has 4 rings (SSSR count). The lowest BCUT2D eigenvalue weighted by atomic mass is 10.1. The van der Waals surface area contributed by atoms with E-state index in [2.05, 4.69) is 17.0 Å². The smallest absolute Gasteiger partial charge is 0.290 e. The number of benzene rings is 1. The van der Waals surface area contributed by atoms with Crippen LogP contribution in [0.3, 0.4) is 0 Å². The fraction of sp³-hybridized carbons (Fsp3) is 0.391. The average Bonchev–Trinajstić information content (AvgIpc) is 3.48. The van der Waals surface area contributed by atoms with Crippen LogP contribution in [0.25, 0.3) is 11.3 Å². The van der Waals surface area contributed by atoms with Crippen molar-refractivity contribution in [2.24, 2.45) is 0 Å². The number of aromatic nitrogens is 1. The number of morpholine rings is 1. The van der Waals surface area contributed by atoms with Gasteiger partial charge >= 0.3 is 0 Å². The summed E-state index contributed by atoms with van der Waals surface area (Å²) in [5, 5.41) is 4.40. The van der Waals surface area contributed by atoms with Gasteiger partial charge in [-0.3, -0.25) is 4.79 Å². The van der Waals surface area contributed by atoms with E-state index in [1.54, 1.807) is 12.1 Å². The van der Waals surface area contributed by atoms with Gasteiger partial charge in [-0.15, -0.1) is 0 Å². The van der Waals surface area contributed by atoms with E-state index in [1.165, 1.54) is 6.26 Å². The van der Waals surface area contributed by atoms with Crippen molar-refractivity contribution >= 4 is 11.8 Å². The molecule has 0 N–H and O–H groups in total. The predicted octanol–water partition coefficient (Wildman–Crippen LogP) is 4.21. The maximum Gasteiger partial charge on any atom is 0.290 e. The van der Waals surface area contributed by atoms with E-state index in [0.717, 1.165) is 36.3 Å². The van der Waals surface area contributed by atoms with Gasteiger partial charge in [0.2, 0.25) is 5.88 Å². The van der Waals surface area contributed by atoms with Gasteiger partial charge in [-0.05, 0) is 25.5 Å². The maximum absolute atomic E-state index is 13.2. The van der Waals surface area contributed by atoms with E-state index in [1.807, 2.05) is 42.2 Å². The monoisotopic (exact) mass is 409 g/mol. The molecule has 1 aromatic carbocycles. The highest BCUT2D eigenvalue weighted by Gasteiger charge is 2.30. The minimum atomic E-state index is -0.137. The first-order chi connectivity index (χ1) is 14.7. The molecular weight excluding hydrogens is 382 g/mol. The molecule has 0 radical (unpaired) electrons. The first kappa shape index (κ1) is 20.2. The van der Waals surface area contributed by atoms with Gasteiger partial charge < -0.3 is 23.5 Å². The molecular formula is C23H27N3O4. The van der Waals surface area contributed by atoms with Crippen molar-refractivity contribution in [1.29, 1.82) is 0 Å². The SMILES string of the molecule is CCC(C)N(Cc1c(-c2ccccc2)noc1N1CCOCC1)C(=O)c1ccco1. The number of amides is 1. The molecule has 1 amide bonds. The van der Waals surface area contributed by atoms with Crippen LogP contribution in [0.5, 0.6) is 0 Å². The van der Waals surface area contributed by atoms with Crippen LogP contribution in [0.4, 0.5) is 5.88 Å². The third kappa shape index (κ3) is 4.11. The third-order valence-electron chi connectivity index (χ3n) is 5.56. The van der Waals surface area contributed by atoms with Crippen LogP contribution in [0.1, 0.15) is 36.4 Å². The molecule has 7 heteroatoms. The third-order valence-corrected chi connectivity index (χ3v) is 5.56. The Labute approximate surface area is 176 Å². The number of rotatable bonds is 7. The minimum absolute atomic E-state index is 0.0265. The first-order valence-electron chi connectivity index (χ1n) is 10.4. The number of hydrogen-bond acceptors (Lipinski definition) is 6. The molecule has 0 bridgehead atoms. The van der Waals surface area contributed by atoms with Crippen molar-refractivity contribution in [3.05, 3.63) is 60.1 Å². The molecule has 1 saturated heterocycles. The standard InChI is InChI=1S/C23H27N3O4/c1-3-17(2)26(22(27)20-10-7-13-29-20)16-19-21(18-8-5-4-6-9-18)24-30-23(19)25-11-14-28-15-12-25/h4-10,13,17H,3,11-12,14-16H2,1-2H3. The van der Waals surface area contributed by atoms with Crippen LogP contribution >= 0.6 is 0 Å². The summed E-state index contributed by atoms with van der Waals surface area (Å²) in [4.78, 5) is 17.2. The highest BCUT2D eigenvalue weighted by molar-refractivity contribution is 5.91. The summed E-state index contributed by atoms with van der Waals surface area (Å²) in [5.41, 5.74) is 2.63. The van der Waals surface area contributed by atoms with Crippen LogP contribution in [-0.4, -0.2) is 48.3 Å². The molecule has 30 heavy (non-hydrogen) atoms. The van der Waals surface area contributed by atoms with Gasteiger partial charge in [0, 0.05) is 24.7 Å². The zero-order chi connectivity index (χ0) is 20.9. The number of nitrogens with zero attached hydrogens (tertiary/aromatic N) is 3. The van der Waals surface area contributed by atoms with Crippen LogP contribution in [0, 0.1) is 0 Å². The Kier molecular flexibility index (Phi) is 6.18. The summed E-state index contributed by atoms with van der Waals surface area (Å²) in [6, 6.07) is 13.4. The lowest BCUT2D eigenvalue weighted by Crippen LogP contribution is -2.39. The second kappa shape index (κ2) is 9.17.